The van der Waals surface area contributed by atoms with E-state index in [0.717, 1.165) is 30.8 Å². The standard InChI is InChI=1S/C15H20F3N5/c1-11(12-8-22-23(2)10-12)19-6-3-7-20-14-5-4-13(9-21-14)15(16,17)18/h4-5,8-11,19H,3,6-7H2,1-2H3,(H,20,21)/t11-/m1/s1. The van der Waals surface area contributed by atoms with Crippen molar-refractivity contribution in [3.05, 3.63) is 41.9 Å². The van der Waals surface area contributed by atoms with Gasteiger partial charge >= 0.3 is 6.18 Å². The Balaban J connectivity index is 1.67. The normalized spacial score (nSPS) is 13.1. The molecule has 126 valence electrons. The molecule has 2 heterocycles. The summed E-state index contributed by atoms with van der Waals surface area (Å²) in [7, 11) is 1.87. The molecule has 5 nitrogen and oxygen atoms in total. The van der Waals surface area contributed by atoms with Crippen LogP contribution < -0.4 is 10.6 Å². The first-order valence-electron chi connectivity index (χ1n) is 7.35. The summed E-state index contributed by atoms with van der Waals surface area (Å²) in [4.78, 5) is 3.77. The fourth-order valence-electron chi connectivity index (χ4n) is 2.07. The Morgan fingerprint density at radius 1 is 1.22 bits per heavy atom. The van der Waals surface area contributed by atoms with Gasteiger partial charge in [-0.15, -0.1) is 0 Å². The van der Waals surface area contributed by atoms with Crippen molar-refractivity contribution in [1.82, 2.24) is 20.1 Å². The summed E-state index contributed by atoms with van der Waals surface area (Å²) in [6.07, 6.45) is 1.10. The van der Waals surface area contributed by atoms with Gasteiger partial charge in [-0.25, -0.2) is 4.98 Å². The van der Waals surface area contributed by atoms with Gasteiger partial charge in [0.05, 0.1) is 11.8 Å². The van der Waals surface area contributed by atoms with Crippen molar-refractivity contribution < 1.29 is 13.2 Å². The summed E-state index contributed by atoms with van der Waals surface area (Å²) >= 11 is 0. The maximum Gasteiger partial charge on any atom is 0.417 e. The molecule has 0 saturated heterocycles. The van der Waals surface area contributed by atoms with Crippen molar-refractivity contribution in [3.8, 4) is 0 Å². The van der Waals surface area contributed by atoms with E-state index in [2.05, 4.69) is 27.6 Å². The fourth-order valence-corrected chi connectivity index (χ4v) is 2.07. The second-order valence-electron chi connectivity index (χ2n) is 5.33. The summed E-state index contributed by atoms with van der Waals surface area (Å²) in [6, 6.07) is 2.57. The van der Waals surface area contributed by atoms with Crippen molar-refractivity contribution >= 4 is 5.82 Å². The van der Waals surface area contributed by atoms with E-state index in [1.165, 1.54) is 6.07 Å². The van der Waals surface area contributed by atoms with Crippen LogP contribution in [-0.4, -0.2) is 27.9 Å². The van der Waals surface area contributed by atoms with Gasteiger partial charge in [-0.1, -0.05) is 0 Å². The first-order valence-corrected chi connectivity index (χ1v) is 7.35. The minimum absolute atomic E-state index is 0.202. The highest BCUT2D eigenvalue weighted by molar-refractivity contribution is 5.35. The van der Waals surface area contributed by atoms with Crippen molar-refractivity contribution in [2.45, 2.75) is 25.6 Å². The molecular weight excluding hydrogens is 307 g/mol. The minimum Gasteiger partial charge on any atom is -0.370 e. The lowest BCUT2D eigenvalue weighted by Crippen LogP contribution is -2.21. The zero-order chi connectivity index (χ0) is 16.9. The molecule has 0 aliphatic rings. The van der Waals surface area contributed by atoms with Crippen molar-refractivity contribution in [2.24, 2.45) is 7.05 Å². The second-order valence-corrected chi connectivity index (χ2v) is 5.33. The average molecular weight is 327 g/mol. The van der Waals surface area contributed by atoms with Crippen LogP contribution in [0, 0.1) is 0 Å². The molecule has 0 amide bonds. The Kier molecular flexibility index (Phi) is 5.59. The highest BCUT2D eigenvalue weighted by atomic mass is 19.4. The van der Waals surface area contributed by atoms with Crippen LogP contribution in [0.5, 0.6) is 0 Å². The summed E-state index contributed by atoms with van der Waals surface area (Å²) < 4.78 is 39.0. The molecule has 0 unspecified atom stereocenters. The van der Waals surface area contributed by atoms with Gasteiger partial charge < -0.3 is 10.6 Å². The van der Waals surface area contributed by atoms with E-state index in [4.69, 9.17) is 0 Å². The van der Waals surface area contributed by atoms with Gasteiger partial charge in [-0.2, -0.15) is 18.3 Å². The maximum absolute atomic E-state index is 12.4. The van der Waals surface area contributed by atoms with Gasteiger partial charge in [0.1, 0.15) is 5.82 Å². The van der Waals surface area contributed by atoms with E-state index >= 15 is 0 Å². The molecule has 0 spiro atoms. The molecular formula is C15H20F3N5. The van der Waals surface area contributed by atoms with Gasteiger partial charge in [-0.3, -0.25) is 4.68 Å². The monoisotopic (exact) mass is 327 g/mol. The number of aromatic nitrogens is 3. The molecule has 0 radical (unpaired) electrons. The number of aryl methyl sites for hydroxylation is 1. The Labute approximate surface area is 132 Å². The third-order valence-electron chi connectivity index (χ3n) is 3.43. The molecule has 0 aromatic carbocycles. The quantitative estimate of drug-likeness (QED) is 0.768. The number of hydrogen-bond acceptors (Lipinski definition) is 4. The van der Waals surface area contributed by atoms with Crippen molar-refractivity contribution in [1.29, 1.82) is 0 Å². The largest absolute Gasteiger partial charge is 0.417 e. The maximum atomic E-state index is 12.4. The summed E-state index contributed by atoms with van der Waals surface area (Å²) in [5.74, 6) is 0.443. The van der Waals surface area contributed by atoms with E-state index in [-0.39, 0.29) is 6.04 Å². The van der Waals surface area contributed by atoms with E-state index in [1.807, 2.05) is 19.4 Å². The Morgan fingerprint density at radius 2 is 2.00 bits per heavy atom. The molecule has 0 aliphatic heterocycles. The topological polar surface area (TPSA) is 54.8 Å². The Morgan fingerprint density at radius 3 is 2.57 bits per heavy atom. The van der Waals surface area contributed by atoms with Gasteiger partial charge in [0.15, 0.2) is 0 Å². The Hall–Kier alpha value is -2.09. The number of hydrogen-bond donors (Lipinski definition) is 2. The van der Waals surface area contributed by atoms with Crippen LogP contribution in [0.1, 0.15) is 30.5 Å². The molecule has 2 aromatic rings. The number of nitrogens with one attached hydrogen (secondary N) is 2. The third-order valence-corrected chi connectivity index (χ3v) is 3.43. The zero-order valence-electron chi connectivity index (χ0n) is 13.1. The SMILES string of the molecule is C[C@@H](NCCCNc1ccc(C(F)(F)F)cn1)c1cnn(C)c1. The predicted molar refractivity (Wildman–Crippen MR) is 82.0 cm³/mol. The summed E-state index contributed by atoms with van der Waals surface area (Å²) in [5, 5.41) is 10.5. The van der Waals surface area contributed by atoms with Crippen LogP contribution in [0.15, 0.2) is 30.7 Å². The number of alkyl halides is 3. The van der Waals surface area contributed by atoms with E-state index < -0.39 is 11.7 Å². The molecule has 23 heavy (non-hydrogen) atoms. The smallest absolute Gasteiger partial charge is 0.370 e. The van der Waals surface area contributed by atoms with Gasteiger partial charge in [0.2, 0.25) is 0 Å². The lowest BCUT2D eigenvalue weighted by Gasteiger charge is -2.12. The molecule has 2 N–H and O–H groups in total. The van der Waals surface area contributed by atoms with Crippen molar-refractivity contribution in [3.63, 3.8) is 0 Å². The molecule has 2 aromatic heterocycles. The summed E-state index contributed by atoms with van der Waals surface area (Å²) in [6.45, 7) is 3.47. The lowest BCUT2D eigenvalue weighted by atomic mass is 10.2. The zero-order valence-corrected chi connectivity index (χ0v) is 13.1. The molecule has 0 bridgehead atoms. The highest BCUT2D eigenvalue weighted by Crippen LogP contribution is 2.28. The van der Waals surface area contributed by atoms with Crippen LogP contribution in [-0.2, 0) is 13.2 Å². The third kappa shape index (κ3) is 5.24. The van der Waals surface area contributed by atoms with E-state index in [9.17, 15) is 13.2 Å². The van der Waals surface area contributed by atoms with Crippen molar-refractivity contribution in [2.75, 3.05) is 18.4 Å². The van der Waals surface area contributed by atoms with E-state index in [1.54, 1.807) is 4.68 Å². The Bertz CT molecular complexity index is 606. The number of rotatable bonds is 7. The molecule has 8 heteroatoms. The molecule has 1 atom stereocenters. The van der Waals surface area contributed by atoms with Crippen LogP contribution in [0.25, 0.3) is 0 Å². The second kappa shape index (κ2) is 7.45. The first-order chi connectivity index (χ1) is 10.9. The van der Waals surface area contributed by atoms with Crippen LogP contribution >= 0.6 is 0 Å². The lowest BCUT2D eigenvalue weighted by molar-refractivity contribution is -0.137. The van der Waals surface area contributed by atoms with Crippen LogP contribution in [0.3, 0.4) is 0 Å². The van der Waals surface area contributed by atoms with Gasteiger partial charge in [0.25, 0.3) is 0 Å². The summed E-state index contributed by atoms with van der Waals surface area (Å²) in [5.41, 5.74) is 0.375. The molecule has 0 saturated carbocycles. The predicted octanol–water partition coefficient (Wildman–Crippen LogP) is 2.99. The average Bonchev–Trinajstić information content (AvgIpc) is 2.93. The first kappa shape index (κ1) is 17.3. The minimum atomic E-state index is -4.35. The van der Waals surface area contributed by atoms with Gasteiger partial charge in [0, 0.05) is 37.6 Å². The molecule has 2 rings (SSSR count). The number of nitrogens with zero attached hydrogens (tertiary/aromatic N) is 3. The van der Waals surface area contributed by atoms with Crippen LogP contribution in [0.4, 0.5) is 19.0 Å². The highest BCUT2D eigenvalue weighted by Gasteiger charge is 2.30. The molecule has 0 fully saturated rings. The number of anilines is 1. The number of halogens is 3. The van der Waals surface area contributed by atoms with Crippen LogP contribution in [0.2, 0.25) is 0 Å². The number of pyridine rings is 1. The molecule has 0 aliphatic carbocycles. The van der Waals surface area contributed by atoms with E-state index in [0.29, 0.717) is 12.4 Å². The van der Waals surface area contributed by atoms with Gasteiger partial charge in [-0.05, 0) is 32.0 Å². The fraction of sp³-hybridized carbons (Fsp3) is 0.467.